The summed E-state index contributed by atoms with van der Waals surface area (Å²) in [6.07, 6.45) is 2.43. The van der Waals surface area contributed by atoms with Crippen molar-refractivity contribution < 1.29 is 19.0 Å². The number of carbonyl (C=O) groups is 2. The Hall–Kier alpha value is -4.14. The lowest BCUT2D eigenvalue weighted by atomic mass is 10.2. The van der Waals surface area contributed by atoms with Crippen LogP contribution >= 0.6 is 0 Å². The highest BCUT2D eigenvalue weighted by atomic mass is 16.6. The van der Waals surface area contributed by atoms with Crippen molar-refractivity contribution in [3.8, 4) is 22.8 Å². The number of carbonyl (C=O) groups excluding carboxylic acids is 2. The van der Waals surface area contributed by atoms with E-state index < -0.39 is 16.7 Å². The highest BCUT2D eigenvalue weighted by Crippen LogP contribution is 2.26. The summed E-state index contributed by atoms with van der Waals surface area (Å²) in [5.41, 5.74) is 1.59. The summed E-state index contributed by atoms with van der Waals surface area (Å²) in [7, 11) is 0. The van der Waals surface area contributed by atoms with Gasteiger partial charge in [0.2, 0.25) is 5.82 Å². The van der Waals surface area contributed by atoms with E-state index in [1.54, 1.807) is 24.3 Å². The maximum absolute atomic E-state index is 11.7. The molecule has 132 valence electrons. The van der Waals surface area contributed by atoms with Crippen molar-refractivity contribution in [2.45, 2.75) is 0 Å². The van der Waals surface area contributed by atoms with Gasteiger partial charge < -0.3 is 4.52 Å². The molecule has 0 N–H and O–H groups in total. The van der Waals surface area contributed by atoms with Gasteiger partial charge in [-0.2, -0.15) is 4.98 Å². The number of non-ortho nitro benzene ring substituents is 1. The molecule has 1 aliphatic heterocycles. The molecule has 0 aliphatic carbocycles. The Kier molecular flexibility index (Phi) is 3.81. The Balaban J connectivity index is 1.57. The number of benzene rings is 2. The van der Waals surface area contributed by atoms with Crippen LogP contribution in [0, 0.1) is 10.1 Å². The fourth-order valence-corrected chi connectivity index (χ4v) is 2.60. The van der Waals surface area contributed by atoms with Crippen molar-refractivity contribution in [3.05, 3.63) is 70.8 Å². The molecule has 2 aromatic carbocycles. The average molecular weight is 362 g/mol. The van der Waals surface area contributed by atoms with E-state index in [2.05, 4.69) is 10.1 Å². The zero-order chi connectivity index (χ0) is 19.0. The zero-order valence-corrected chi connectivity index (χ0v) is 13.6. The van der Waals surface area contributed by atoms with Crippen molar-refractivity contribution in [2.24, 2.45) is 0 Å². The van der Waals surface area contributed by atoms with Crippen LogP contribution < -0.4 is 4.90 Å². The van der Waals surface area contributed by atoms with Gasteiger partial charge in [-0.25, -0.2) is 4.90 Å². The SMILES string of the molecule is O=C1C=CC(=O)N1c1ccc(-c2nc(-c3ccc([N+](=O)[O-])cc3)no2)cc1. The van der Waals surface area contributed by atoms with Crippen molar-refractivity contribution in [3.63, 3.8) is 0 Å². The molecule has 0 unspecified atom stereocenters. The van der Waals surface area contributed by atoms with Crippen molar-refractivity contribution >= 4 is 23.2 Å². The van der Waals surface area contributed by atoms with Crippen LogP contribution in [0.25, 0.3) is 22.8 Å². The Bertz CT molecular complexity index is 1070. The summed E-state index contributed by atoms with van der Waals surface area (Å²) in [6.45, 7) is 0. The number of nitrogens with zero attached hydrogens (tertiary/aromatic N) is 4. The second-order valence-corrected chi connectivity index (χ2v) is 5.62. The molecule has 0 saturated heterocycles. The van der Waals surface area contributed by atoms with E-state index in [4.69, 9.17) is 4.52 Å². The van der Waals surface area contributed by atoms with Gasteiger partial charge in [0.25, 0.3) is 23.4 Å². The lowest BCUT2D eigenvalue weighted by molar-refractivity contribution is -0.384. The number of nitro groups is 1. The van der Waals surface area contributed by atoms with Gasteiger partial charge in [0.15, 0.2) is 0 Å². The second kappa shape index (κ2) is 6.30. The number of imide groups is 1. The summed E-state index contributed by atoms with van der Waals surface area (Å²) < 4.78 is 5.24. The number of anilines is 1. The molecule has 0 spiro atoms. The van der Waals surface area contributed by atoms with E-state index in [0.717, 1.165) is 4.90 Å². The quantitative estimate of drug-likeness (QED) is 0.397. The molecule has 9 heteroatoms. The van der Waals surface area contributed by atoms with Gasteiger partial charge in [0, 0.05) is 35.4 Å². The van der Waals surface area contributed by atoms with E-state index >= 15 is 0 Å². The highest BCUT2D eigenvalue weighted by Gasteiger charge is 2.25. The zero-order valence-electron chi connectivity index (χ0n) is 13.6. The minimum Gasteiger partial charge on any atom is -0.334 e. The summed E-state index contributed by atoms with van der Waals surface area (Å²) in [5, 5.41) is 14.6. The third kappa shape index (κ3) is 2.97. The molecule has 0 fully saturated rings. The fourth-order valence-electron chi connectivity index (χ4n) is 2.60. The Morgan fingerprint density at radius 2 is 1.48 bits per heavy atom. The molecule has 27 heavy (non-hydrogen) atoms. The molecule has 4 rings (SSSR count). The monoisotopic (exact) mass is 362 g/mol. The largest absolute Gasteiger partial charge is 0.334 e. The molecule has 3 aromatic rings. The molecular weight excluding hydrogens is 352 g/mol. The summed E-state index contributed by atoms with van der Waals surface area (Å²) in [6, 6.07) is 12.3. The Labute approximate surface area is 151 Å². The van der Waals surface area contributed by atoms with Crippen LogP contribution in [0.4, 0.5) is 11.4 Å². The lowest BCUT2D eigenvalue weighted by Crippen LogP contribution is -2.29. The number of rotatable bonds is 4. The molecule has 9 nitrogen and oxygen atoms in total. The van der Waals surface area contributed by atoms with Crippen LogP contribution in [-0.4, -0.2) is 26.9 Å². The van der Waals surface area contributed by atoms with Crippen LogP contribution in [0.5, 0.6) is 0 Å². The first-order chi connectivity index (χ1) is 13.0. The number of nitro benzene ring substituents is 1. The summed E-state index contributed by atoms with van der Waals surface area (Å²) in [5.74, 6) is -0.262. The second-order valence-electron chi connectivity index (χ2n) is 5.62. The van der Waals surface area contributed by atoms with Gasteiger partial charge in [-0.05, 0) is 36.4 Å². The molecule has 0 saturated carbocycles. The van der Waals surface area contributed by atoms with E-state index in [1.165, 1.54) is 36.4 Å². The van der Waals surface area contributed by atoms with Gasteiger partial charge in [-0.15, -0.1) is 0 Å². The maximum atomic E-state index is 11.7. The summed E-state index contributed by atoms with van der Waals surface area (Å²) >= 11 is 0. The topological polar surface area (TPSA) is 119 Å². The fraction of sp³-hybridized carbons (Fsp3) is 0. The van der Waals surface area contributed by atoms with E-state index in [9.17, 15) is 19.7 Å². The van der Waals surface area contributed by atoms with Crippen LogP contribution in [0.15, 0.2) is 65.2 Å². The number of hydrogen-bond acceptors (Lipinski definition) is 7. The molecule has 2 amide bonds. The Morgan fingerprint density at radius 3 is 2.07 bits per heavy atom. The first-order valence-corrected chi connectivity index (χ1v) is 7.78. The Morgan fingerprint density at radius 1 is 0.889 bits per heavy atom. The predicted molar refractivity (Wildman–Crippen MR) is 93.5 cm³/mol. The van der Waals surface area contributed by atoms with Crippen LogP contribution in [0.2, 0.25) is 0 Å². The first-order valence-electron chi connectivity index (χ1n) is 7.78. The number of amides is 2. The molecular formula is C18H10N4O5. The number of hydrogen-bond donors (Lipinski definition) is 0. The number of aromatic nitrogens is 2. The standard InChI is InChI=1S/C18H10N4O5/c23-15-9-10-16(24)21(15)13-5-3-12(4-6-13)18-19-17(20-27-18)11-1-7-14(8-2-11)22(25)26/h1-10H. The molecule has 0 bridgehead atoms. The van der Waals surface area contributed by atoms with E-state index in [-0.39, 0.29) is 17.4 Å². The van der Waals surface area contributed by atoms with Gasteiger partial charge in [0.05, 0.1) is 10.6 Å². The van der Waals surface area contributed by atoms with Gasteiger partial charge in [-0.1, -0.05) is 5.16 Å². The molecule has 1 aromatic heterocycles. The minimum atomic E-state index is -0.488. The normalized spacial score (nSPS) is 13.4. The highest BCUT2D eigenvalue weighted by molar-refractivity contribution is 6.28. The van der Waals surface area contributed by atoms with Gasteiger partial charge in [-0.3, -0.25) is 19.7 Å². The van der Waals surface area contributed by atoms with Crippen LogP contribution in [0.3, 0.4) is 0 Å². The smallest absolute Gasteiger partial charge is 0.269 e. The van der Waals surface area contributed by atoms with E-state index in [0.29, 0.717) is 16.8 Å². The van der Waals surface area contributed by atoms with Crippen LogP contribution in [0.1, 0.15) is 0 Å². The average Bonchev–Trinajstić information content (AvgIpc) is 3.29. The minimum absolute atomic E-state index is 0.0291. The lowest BCUT2D eigenvalue weighted by Gasteiger charge is -2.13. The summed E-state index contributed by atoms with van der Waals surface area (Å²) in [4.78, 5) is 39.0. The van der Waals surface area contributed by atoms with Gasteiger partial charge >= 0.3 is 0 Å². The molecule has 1 aliphatic rings. The first kappa shape index (κ1) is 16.3. The molecule has 0 atom stereocenters. The van der Waals surface area contributed by atoms with Gasteiger partial charge in [0.1, 0.15) is 0 Å². The predicted octanol–water partition coefficient (Wildman–Crippen LogP) is 2.74. The third-order valence-electron chi connectivity index (χ3n) is 3.94. The van der Waals surface area contributed by atoms with Crippen molar-refractivity contribution in [2.75, 3.05) is 4.90 Å². The maximum Gasteiger partial charge on any atom is 0.269 e. The van der Waals surface area contributed by atoms with E-state index in [1.807, 2.05) is 0 Å². The molecule has 2 heterocycles. The molecule has 0 radical (unpaired) electrons. The van der Waals surface area contributed by atoms with Crippen molar-refractivity contribution in [1.29, 1.82) is 0 Å². The van der Waals surface area contributed by atoms with Crippen LogP contribution in [-0.2, 0) is 9.59 Å². The van der Waals surface area contributed by atoms with Crippen molar-refractivity contribution in [1.82, 2.24) is 10.1 Å². The third-order valence-corrected chi connectivity index (χ3v) is 3.94.